The molecular formula is H4KLiNaNbO3. The SMILES string of the molecule is [KH].[LiH].[NaH].[O]=[Nb](=[O])[OH]. The van der Waals surface area contributed by atoms with E-state index in [0.29, 0.717) is 0 Å². The fraction of sp³-hybridized carbons (Fsp3) is 0. The Bertz CT molecular complexity index is 63.3. The van der Waals surface area contributed by atoms with Gasteiger partial charge in [-0.15, -0.1) is 0 Å². The molecule has 0 rings (SSSR count). The van der Waals surface area contributed by atoms with Crippen LogP contribution in [0.3, 0.4) is 0 Å². The molecule has 0 fully saturated rings. The van der Waals surface area contributed by atoms with E-state index in [1.807, 2.05) is 0 Å². The van der Waals surface area contributed by atoms with Crippen molar-refractivity contribution in [3.63, 3.8) is 0 Å². The first-order valence-electron chi connectivity index (χ1n) is 0.565. The Morgan fingerprint density at radius 3 is 1.29 bits per heavy atom. The average Bonchev–Trinajstić information content (AvgIpc) is 0.811. The molecule has 0 aliphatic carbocycles. The Balaban J connectivity index is -0.0000000150. The van der Waals surface area contributed by atoms with Crippen LogP contribution in [0, 0.1) is 0 Å². The zero-order valence-electron chi connectivity index (χ0n) is 1.71. The van der Waals surface area contributed by atoms with E-state index in [2.05, 4.69) is 0 Å². The van der Waals surface area contributed by atoms with Crippen LogP contribution >= 0.6 is 0 Å². The van der Waals surface area contributed by atoms with Crippen molar-refractivity contribution in [1.29, 1.82) is 0 Å². The van der Waals surface area contributed by atoms with E-state index in [9.17, 15) is 0 Å². The molecule has 0 spiro atoms. The van der Waals surface area contributed by atoms with Crippen molar-refractivity contribution < 1.29 is 28.9 Å². The van der Waals surface area contributed by atoms with Gasteiger partial charge in [-0.05, 0) is 0 Å². The van der Waals surface area contributed by atoms with Gasteiger partial charge >= 0.3 is 129 Å². The molecule has 0 aliphatic heterocycles. The molecule has 7 heteroatoms. The molecule has 0 aromatic heterocycles. The van der Waals surface area contributed by atoms with Crippen LogP contribution in [0.5, 0.6) is 0 Å². The van der Waals surface area contributed by atoms with E-state index in [0.717, 1.165) is 0 Å². The van der Waals surface area contributed by atoms with E-state index in [1.54, 1.807) is 0 Å². The van der Waals surface area contributed by atoms with Crippen molar-refractivity contribution in [3.8, 4) is 0 Å². The Labute approximate surface area is 125 Å². The zero-order chi connectivity index (χ0) is 3.58. The summed E-state index contributed by atoms with van der Waals surface area (Å²) in [7, 11) is 0. The van der Waals surface area contributed by atoms with Gasteiger partial charge in [0.05, 0.1) is 0 Å². The molecule has 7 heavy (non-hydrogen) atoms. The van der Waals surface area contributed by atoms with Crippen LogP contribution < -0.4 is 0 Å². The zero-order valence-corrected chi connectivity index (χ0v) is 3.91. The first-order chi connectivity index (χ1) is 1.73. The molecule has 0 aromatic rings. The molecular weight excluding hydrogens is 210 g/mol. The van der Waals surface area contributed by atoms with Gasteiger partial charge in [0.25, 0.3) is 0 Å². The summed E-state index contributed by atoms with van der Waals surface area (Å²) < 4.78 is 24.6. The van der Waals surface area contributed by atoms with Crippen LogP contribution in [0.25, 0.3) is 0 Å². The second-order valence-electron chi connectivity index (χ2n) is 0.238. The normalized spacial score (nSPS) is 3.57. The molecule has 0 saturated heterocycles. The van der Waals surface area contributed by atoms with Gasteiger partial charge in [0.15, 0.2) is 0 Å². The van der Waals surface area contributed by atoms with Gasteiger partial charge in [-0.1, -0.05) is 0 Å². The summed E-state index contributed by atoms with van der Waals surface area (Å²) in [4.78, 5) is 0. The van der Waals surface area contributed by atoms with E-state index < -0.39 is 18.8 Å². The standard InChI is InChI=1S/K.Li.Na.Nb.H2O.2O.3H/h;;;;1H2;;;;;/q;;;+1;;;;;;/p-1. The fourth-order valence-electron chi connectivity index (χ4n) is 0. The molecule has 0 bridgehead atoms. The van der Waals surface area contributed by atoms with E-state index >= 15 is 0 Å². The summed E-state index contributed by atoms with van der Waals surface area (Å²) in [6.45, 7) is 0. The Morgan fingerprint density at radius 1 is 1.29 bits per heavy atom. The summed E-state index contributed by atoms with van der Waals surface area (Å²) >= 11 is -3.95. The van der Waals surface area contributed by atoms with Crippen molar-refractivity contribution in [3.05, 3.63) is 0 Å². The monoisotopic (exact) mass is 214 g/mol. The van der Waals surface area contributed by atoms with Crippen LogP contribution in [0.15, 0.2) is 0 Å². The van der Waals surface area contributed by atoms with Gasteiger partial charge in [-0.2, -0.15) is 0 Å². The molecule has 0 unspecified atom stereocenters. The van der Waals surface area contributed by atoms with Crippen molar-refractivity contribution in [2.75, 3.05) is 0 Å². The third kappa shape index (κ3) is 43.3. The second-order valence-corrected chi connectivity index (χ2v) is 1.41. The molecule has 0 radical (unpaired) electrons. The van der Waals surface area contributed by atoms with Gasteiger partial charge in [0.1, 0.15) is 0 Å². The van der Waals surface area contributed by atoms with E-state index in [1.165, 1.54) is 0 Å². The molecule has 30 valence electrons. The quantitative estimate of drug-likeness (QED) is 0.445. The van der Waals surface area contributed by atoms with Crippen molar-refractivity contribution in [2.45, 2.75) is 0 Å². The number of hydrogen-bond acceptors (Lipinski definition) is 2. The summed E-state index contributed by atoms with van der Waals surface area (Å²) in [5.74, 6) is 0. The van der Waals surface area contributed by atoms with Gasteiger partial charge in [0.2, 0.25) is 0 Å². The molecule has 0 heterocycles. The summed E-state index contributed by atoms with van der Waals surface area (Å²) in [6.07, 6.45) is 0. The van der Waals surface area contributed by atoms with Crippen molar-refractivity contribution in [2.24, 2.45) is 0 Å². The van der Waals surface area contributed by atoms with Crippen LogP contribution in [0.4, 0.5) is 0 Å². The number of rotatable bonds is 0. The molecule has 3 nitrogen and oxygen atoms in total. The predicted molar refractivity (Wildman–Crippen MR) is 25.0 cm³/mol. The minimum atomic E-state index is -3.95. The van der Waals surface area contributed by atoms with Crippen molar-refractivity contribution in [1.82, 2.24) is 0 Å². The fourth-order valence-corrected chi connectivity index (χ4v) is 0. The summed E-state index contributed by atoms with van der Waals surface area (Å²) in [6, 6.07) is 0. The van der Waals surface area contributed by atoms with Crippen LogP contribution in [-0.2, 0) is 25.3 Å². The molecule has 0 atom stereocenters. The van der Waals surface area contributed by atoms with Crippen LogP contribution in [0.1, 0.15) is 0 Å². The average molecular weight is 214 g/mol. The molecule has 0 saturated carbocycles. The molecule has 0 aliphatic rings. The van der Waals surface area contributed by atoms with Crippen molar-refractivity contribution >= 4 is 99.8 Å². The summed E-state index contributed by atoms with van der Waals surface area (Å²) in [5.41, 5.74) is 0. The first kappa shape index (κ1) is 22.4. The number of hydrogen-bond donors (Lipinski definition) is 1. The van der Waals surface area contributed by atoms with E-state index in [-0.39, 0.29) is 99.8 Å². The van der Waals surface area contributed by atoms with Gasteiger partial charge in [-0.25, -0.2) is 0 Å². The van der Waals surface area contributed by atoms with Gasteiger partial charge in [-0.3, -0.25) is 0 Å². The predicted octanol–water partition coefficient (Wildman–Crippen LogP) is -2.74. The molecule has 0 aromatic carbocycles. The van der Waals surface area contributed by atoms with Gasteiger partial charge < -0.3 is 0 Å². The van der Waals surface area contributed by atoms with Crippen LogP contribution in [0.2, 0.25) is 0 Å². The third-order valence-electron chi connectivity index (χ3n) is 0. The second kappa shape index (κ2) is 16.3. The van der Waals surface area contributed by atoms with Crippen LogP contribution in [-0.4, -0.2) is 103 Å². The maximum absolute atomic E-state index is 8.71. The third-order valence-corrected chi connectivity index (χ3v) is 0. The minimum absolute atomic E-state index is 0. The van der Waals surface area contributed by atoms with E-state index in [4.69, 9.17) is 10.1 Å². The maximum atomic E-state index is 8.71. The molecule has 0 amide bonds. The molecule has 1 N–H and O–H groups in total. The van der Waals surface area contributed by atoms with Gasteiger partial charge in [0, 0.05) is 0 Å². The topological polar surface area (TPSA) is 54.4 Å². The Morgan fingerprint density at radius 2 is 1.29 bits per heavy atom. The first-order valence-corrected chi connectivity index (χ1v) is 3.34. The Kier molecular flexibility index (Phi) is 52.1. The Hall–Kier alpha value is 3.53. The summed E-state index contributed by atoms with van der Waals surface area (Å²) in [5, 5.41) is 0.